The predicted molar refractivity (Wildman–Crippen MR) is 66.7 cm³/mol. The topological polar surface area (TPSA) is 24.5 Å². The maximum Gasteiger partial charge on any atom is 0.0483 e. The Balaban J connectivity index is 1.76. The Labute approximate surface area is 99.5 Å². The summed E-state index contributed by atoms with van der Waals surface area (Å²) >= 11 is 0. The van der Waals surface area contributed by atoms with Crippen molar-refractivity contribution in [1.29, 1.82) is 0 Å². The minimum Gasteiger partial charge on any atom is -0.381 e. The van der Waals surface area contributed by atoms with E-state index in [2.05, 4.69) is 24.2 Å². The predicted octanol–water partition coefficient (Wildman–Crippen LogP) is 1.63. The minimum absolute atomic E-state index is 0.316. The van der Waals surface area contributed by atoms with Crippen LogP contribution >= 0.6 is 0 Å². The molecule has 0 aromatic rings. The van der Waals surface area contributed by atoms with Gasteiger partial charge in [-0.1, -0.05) is 6.42 Å². The Morgan fingerprint density at radius 2 is 2.06 bits per heavy atom. The molecule has 0 aromatic heterocycles. The highest BCUT2D eigenvalue weighted by Gasteiger charge is 2.28. The average molecular weight is 226 g/mol. The van der Waals surface area contributed by atoms with Crippen molar-refractivity contribution in [3.05, 3.63) is 0 Å². The van der Waals surface area contributed by atoms with E-state index in [1.807, 2.05) is 0 Å². The zero-order chi connectivity index (χ0) is 11.4. The van der Waals surface area contributed by atoms with Crippen LogP contribution in [0.3, 0.4) is 0 Å². The second-order valence-corrected chi connectivity index (χ2v) is 5.68. The van der Waals surface area contributed by atoms with Crippen molar-refractivity contribution in [2.45, 2.75) is 50.6 Å². The SMILES string of the molecule is CN1CCCCC1CNC1(C)CCOCC1. The number of likely N-dealkylation sites (N-methyl/N-ethyl adjacent to an activating group) is 1. The van der Waals surface area contributed by atoms with Gasteiger partial charge < -0.3 is 15.0 Å². The van der Waals surface area contributed by atoms with Gasteiger partial charge in [-0.2, -0.15) is 0 Å². The van der Waals surface area contributed by atoms with Crippen molar-refractivity contribution < 1.29 is 4.74 Å². The standard InChI is InChI=1S/C13H26N2O/c1-13(6-9-16-10-7-13)14-11-12-5-3-4-8-15(12)2/h12,14H,3-11H2,1-2H3. The van der Waals surface area contributed by atoms with Gasteiger partial charge in [-0.05, 0) is 46.2 Å². The monoisotopic (exact) mass is 226 g/mol. The van der Waals surface area contributed by atoms with Crippen LogP contribution in [0.5, 0.6) is 0 Å². The fourth-order valence-corrected chi connectivity index (χ4v) is 2.76. The fraction of sp³-hybridized carbons (Fsp3) is 1.00. The van der Waals surface area contributed by atoms with Crippen LogP contribution in [-0.2, 0) is 4.74 Å². The molecule has 2 rings (SSSR count). The summed E-state index contributed by atoms with van der Waals surface area (Å²) in [5, 5.41) is 3.78. The molecule has 3 heteroatoms. The number of rotatable bonds is 3. The molecule has 16 heavy (non-hydrogen) atoms. The summed E-state index contributed by atoms with van der Waals surface area (Å²) < 4.78 is 5.43. The molecule has 0 spiro atoms. The molecule has 2 saturated heterocycles. The Morgan fingerprint density at radius 3 is 2.75 bits per heavy atom. The second-order valence-electron chi connectivity index (χ2n) is 5.68. The number of hydrogen-bond acceptors (Lipinski definition) is 3. The normalized spacial score (nSPS) is 31.5. The summed E-state index contributed by atoms with van der Waals surface area (Å²) in [5.41, 5.74) is 0.316. The first kappa shape index (κ1) is 12.3. The van der Waals surface area contributed by atoms with Crippen LogP contribution in [0.25, 0.3) is 0 Å². The van der Waals surface area contributed by atoms with Crippen LogP contribution in [0.2, 0.25) is 0 Å². The minimum atomic E-state index is 0.316. The molecule has 94 valence electrons. The zero-order valence-corrected chi connectivity index (χ0v) is 10.8. The third-order valence-electron chi connectivity index (χ3n) is 4.28. The lowest BCUT2D eigenvalue weighted by atomic mass is 9.91. The molecule has 1 N–H and O–H groups in total. The number of nitrogens with zero attached hydrogens (tertiary/aromatic N) is 1. The average Bonchev–Trinajstić information content (AvgIpc) is 2.29. The van der Waals surface area contributed by atoms with Crippen molar-refractivity contribution in [3.8, 4) is 0 Å². The molecule has 0 saturated carbocycles. The molecule has 0 amide bonds. The van der Waals surface area contributed by atoms with E-state index in [0.717, 1.165) is 38.6 Å². The van der Waals surface area contributed by atoms with Crippen molar-refractivity contribution >= 4 is 0 Å². The molecule has 2 aliphatic heterocycles. The van der Waals surface area contributed by atoms with Gasteiger partial charge in [0.1, 0.15) is 0 Å². The quantitative estimate of drug-likeness (QED) is 0.791. The second kappa shape index (κ2) is 5.48. The van der Waals surface area contributed by atoms with Gasteiger partial charge in [0.05, 0.1) is 0 Å². The van der Waals surface area contributed by atoms with E-state index in [0.29, 0.717) is 5.54 Å². The van der Waals surface area contributed by atoms with Gasteiger partial charge in [-0.25, -0.2) is 0 Å². The summed E-state index contributed by atoms with van der Waals surface area (Å²) in [6.45, 7) is 6.60. The largest absolute Gasteiger partial charge is 0.381 e. The lowest BCUT2D eigenvalue weighted by Gasteiger charge is -2.39. The Bertz CT molecular complexity index is 214. The van der Waals surface area contributed by atoms with Gasteiger partial charge in [-0.15, -0.1) is 0 Å². The van der Waals surface area contributed by atoms with Crippen LogP contribution in [0.4, 0.5) is 0 Å². The third kappa shape index (κ3) is 3.19. The highest BCUT2D eigenvalue weighted by Crippen LogP contribution is 2.21. The molecule has 0 aliphatic carbocycles. The maximum absolute atomic E-state index is 5.43. The van der Waals surface area contributed by atoms with Crippen LogP contribution in [-0.4, -0.2) is 49.8 Å². The highest BCUT2D eigenvalue weighted by molar-refractivity contribution is 4.88. The van der Waals surface area contributed by atoms with Crippen molar-refractivity contribution in [3.63, 3.8) is 0 Å². The number of hydrogen-bond donors (Lipinski definition) is 1. The van der Waals surface area contributed by atoms with Crippen molar-refractivity contribution in [2.75, 3.05) is 33.4 Å². The van der Waals surface area contributed by atoms with E-state index in [1.165, 1.54) is 25.8 Å². The van der Waals surface area contributed by atoms with Crippen LogP contribution < -0.4 is 5.32 Å². The summed E-state index contributed by atoms with van der Waals surface area (Å²) in [6.07, 6.45) is 6.44. The number of ether oxygens (including phenoxy) is 1. The Hall–Kier alpha value is -0.120. The molecule has 0 aromatic carbocycles. The van der Waals surface area contributed by atoms with Gasteiger partial charge in [0.2, 0.25) is 0 Å². The van der Waals surface area contributed by atoms with E-state index < -0.39 is 0 Å². The van der Waals surface area contributed by atoms with Crippen LogP contribution in [0, 0.1) is 0 Å². The van der Waals surface area contributed by atoms with E-state index in [1.54, 1.807) is 0 Å². The third-order valence-corrected chi connectivity index (χ3v) is 4.28. The Morgan fingerprint density at radius 1 is 1.31 bits per heavy atom. The molecule has 3 nitrogen and oxygen atoms in total. The fourth-order valence-electron chi connectivity index (χ4n) is 2.76. The highest BCUT2D eigenvalue weighted by atomic mass is 16.5. The molecule has 2 aliphatic rings. The molecular weight excluding hydrogens is 200 g/mol. The molecule has 1 atom stereocenters. The molecule has 0 bridgehead atoms. The van der Waals surface area contributed by atoms with Crippen LogP contribution in [0.1, 0.15) is 39.0 Å². The molecular formula is C13H26N2O. The summed E-state index contributed by atoms with van der Waals surface area (Å²) in [4.78, 5) is 2.51. The summed E-state index contributed by atoms with van der Waals surface area (Å²) in [6, 6.07) is 0.744. The first-order valence-corrected chi connectivity index (χ1v) is 6.73. The number of likely N-dealkylation sites (tertiary alicyclic amines) is 1. The summed E-state index contributed by atoms with van der Waals surface area (Å²) in [5.74, 6) is 0. The van der Waals surface area contributed by atoms with Crippen molar-refractivity contribution in [2.24, 2.45) is 0 Å². The van der Waals surface area contributed by atoms with Gasteiger partial charge in [0.15, 0.2) is 0 Å². The van der Waals surface area contributed by atoms with Gasteiger partial charge >= 0.3 is 0 Å². The first-order chi connectivity index (χ1) is 7.70. The first-order valence-electron chi connectivity index (χ1n) is 6.73. The van der Waals surface area contributed by atoms with E-state index >= 15 is 0 Å². The van der Waals surface area contributed by atoms with Gasteiger partial charge in [0.25, 0.3) is 0 Å². The summed E-state index contributed by atoms with van der Waals surface area (Å²) in [7, 11) is 2.26. The molecule has 2 fully saturated rings. The zero-order valence-electron chi connectivity index (χ0n) is 10.8. The van der Waals surface area contributed by atoms with Gasteiger partial charge in [0, 0.05) is 31.3 Å². The molecule has 0 radical (unpaired) electrons. The lowest BCUT2D eigenvalue weighted by Crippen LogP contribution is -2.52. The Kier molecular flexibility index (Phi) is 4.22. The van der Waals surface area contributed by atoms with Crippen molar-refractivity contribution in [1.82, 2.24) is 10.2 Å². The molecule has 1 unspecified atom stereocenters. The lowest BCUT2D eigenvalue weighted by molar-refractivity contribution is 0.0408. The maximum atomic E-state index is 5.43. The number of nitrogens with one attached hydrogen (secondary N) is 1. The van der Waals surface area contributed by atoms with Gasteiger partial charge in [-0.3, -0.25) is 0 Å². The van der Waals surface area contributed by atoms with Crippen LogP contribution in [0.15, 0.2) is 0 Å². The smallest absolute Gasteiger partial charge is 0.0483 e. The van der Waals surface area contributed by atoms with E-state index in [4.69, 9.17) is 4.74 Å². The molecule has 2 heterocycles. The number of piperidine rings is 1. The van der Waals surface area contributed by atoms with E-state index in [9.17, 15) is 0 Å². The van der Waals surface area contributed by atoms with E-state index in [-0.39, 0.29) is 0 Å².